The molecule has 2 heterocycles. The maximum Gasteiger partial charge on any atom is 0.151 e. The second kappa shape index (κ2) is 7.62. The lowest BCUT2D eigenvalue weighted by molar-refractivity contribution is -0.00413. The third-order valence-corrected chi connectivity index (χ3v) is 3.37. The molecule has 0 radical (unpaired) electrons. The van der Waals surface area contributed by atoms with Crippen molar-refractivity contribution in [1.29, 1.82) is 0 Å². The minimum Gasteiger partial charge on any atom is -0.377 e. The number of piperidine rings is 1. The van der Waals surface area contributed by atoms with Crippen LogP contribution in [0.5, 0.6) is 0 Å². The van der Waals surface area contributed by atoms with Gasteiger partial charge in [-0.3, -0.25) is 4.90 Å². The smallest absolute Gasteiger partial charge is 0.151 e. The second-order valence-corrected chi connectivity index (χ2v) is 5.19. The molecule has 108 valence electrons. The van der Waals surface area contributed by atoms with Crippen molar-refractivity contribution < 1.29 is 9.26 Å². The summed E-state index contributed by atoms with van der Waals surface area (Å²) in [6.07, 6.45) is 3.85. The molecule has 1 aromatic rings. The summed E-state index contributed by atoms with van der Waals surface area (Å²) in [7, 11) is 1.91. The Morgan fingerprint density at radius 1 is 1.58 bits per heavy atom. The van der Waals surface area contributed by atoms with Gasteiger partial charge in [-0.1, -0.05) is 12.1 Å². The van der Waals surface area contributed by atoms with Gasteiger partial charge in [-0.15, -0.1) is 0 Å². The van der Waals surface area contributed by atoms with E-state index in [2.05, 4.69) is 22.3 Å². The van der Waals surface area contributed by atoms with Gasteiger partial charge in [0.25, 0.3) is 0 Å². The van der Waals surface area contributed by atoms with Crippen molar-refractivity contribution in [3.63, 3.8) is 0 Å². The van der Waals surface area contributed by atoms with Crippen molar-refractivity contribution in [1.82, 2.24) is 15.4 Å². The molecule has 1 aromatic heterocycles. The van der Waals surface area contributed by atoms with E-state index in [1.54, 1.807) is 0 Å². The zero-order chi connectivity index (χ0) is 13.5. The van der Waals surface area contributed by atoms with Gasteiger partial charge in [0.2, 0.25) is 0 Å². The van der Waals surface area contributed by atoms with Crippen LogP contribution in [0.3, 0.4) is 0 Å². The maximum absolute atomic E-state index is 5.85. The number of hydrogen-bond acceptors (Lipinski definition) is 5. The Morgan fingerprint density at radius 2 is 2.47 bits per heavy atom. The van der Waals surface area contributed by atoms with Gasteiger partial charge in [0, 0.05) is 25.8 Å². The first-order chi connectivity index (χ1) is 9.31. The molecule has 1 fully saturated rings. The summed E-state index contributed by atoms with van der Waals surface area (Å²) >= 11 is 0. The van der Waals surface area contributed by atoms with Crippen molar-refractivity contribution in [2.45, 2.75) is 45.4 Å². The summed E-state index contributed by atoms with van der Waals surface area (Å²) in [6.45, 7) is 6.73. The van der Waals surface area contributed by atoms with Gasteiger partial charge in [0.15, 0.2) is 5.76 Å². The van der Waals surface area contributed by atoms with E-state index in [-0.39, 0.29) is 0 Å². The van der Waals surface area contributed by atoms with Crippen LogP contribution in [0.25, 0.3) is 0 Å². The monoisotopic (exact) mass is 267 g/mol. The SMILES string of the molecule is CCCOC1CCCN(Cc2cc(CNC)no2)C1. The number of likely N-dealkylation sites (tertiary alicyclic amines) is 1. The Bertz CT molecular complexity index is 367. The van der Waals surface area contributed by atoms with Crippen LogP contribution in [0, 0.1) is 0 Å². The molecule has 1 N–H and O–H groups in total. The highest BCUT2D eigenvalue weighted by atomic mass is 16.5. The van der Waals surface area contributed by atoms with E-state index < -0.39 is 0 Å². The highest BCUT2D eigenvalue weighted by Crippen LogP contribution is 2.16. The predicted octanol–water partition coefficient (Wildman–Crippen LogP) is 1.78. The first-order valence-electron chi connectivity index (χ1n) is 7.24. The molecule has 0 amide bonds. The zero-order valence-corrected chi connectivity index (χ0v) is 12.0. The minimum atomic E-state index is 0.383. The molecule has 1 atom stereocenters. The lowest BCUT2D eigenvalue weighted by atomic mass is 10.1. The molecule has 5 heteroatoms. The number of ether oxygens (including phenoxy) is 1. The molecule has 0 spiro atoms. The molecule has 2 rings (SSSR count). The summed E-state index contributed by atoms with van der Waals surface area (Å²) < 4.78 is 11.2. The van der Waals surface area contributed by atoms with Crippen LogP contribution < -0.4 is 5.32 Å². The van der Waals surface area contributed by atoms with Gasteiger partial charge >= 0.3 is 0 Å². The van der Waals surface area contributed by atoms with Crippen LogP contribution in [0.2, 0.25) is 0 Å². The van der Waals surface area contributed by atoms with Crippen LogP contribution in [0.4, 0.5) is 0 Å². The quantitative estimate of drug-likeness (QED) is 0.816. The maximum atomic E-state index is 5.85. The summed E-state index contributed by atoms with van der Waals surface area (Å²) in [6, 6.07) is 2.03. The first kappa shape index (κ1) is 14.5. The molecule has 1 aliphatic rings. The fourth-order valence-corrected chi connectivity index (χ4v) is 2.49. The molecule has 1 unspecified atom stereocenters. The van der Waals surface area contributed by atoms with Crippen molar-refractivity contribution >= 4 is 0 Å². The van der Waals surface area contributed by atoms with Gasteiger partial charge < -0.3 is 14.6 Å². The number of aromatic nitrogens is 1. The van der Waals surface area contributed by atoms with Crippen LogP contribution in [0.1, 0.15) is 37.6 Å². The van der Waals surface area contributed by atoms with E-state index >= 15 is 0 Å². The Morgan fingerprint density at radius 3 is 3.26 bits per heavy atom. The van der Waals surface area contributed by atoms with Crippen molar-refractivity contribution in [2.75, 3.05) is 26.7 Å². The van der Waals surface area contributed by atoms with E-state index in [0.717, 1.165) is 50.7 Å². The summed E-state index contributed by atoms with van der Waals surface area (Å²) in [4.78, 5) is 2.40. The van der Waals surface area contributed by atoms with Crippen LogP contribution in [-0.4, -0.2) is 42.9 Å². The number of nitrogens with one attached hydrogen (secondary N) is 1. The highest BCUT2D eigenvalue weighted by molar-refractivity contribution is 5.05. The van der Waals surface area contributed by atoms with Gasteiger partial charge in [0.05, 0.1) is 18.3 Å². The Labute approximate surface area is 115 Å². The van der Waals surface area contributed by atoms with Crippen LogP contribution in [-0.2, 0) is 17.8 Å². The third kappa shape index (κ3) is 4.60. The van der Waals surface area contributed by atoms with Crippen molar-refractivity contribution in [3.8, 4) is 0 Å². The zero-order valence-electron chi connectivity index (χ0n) is 12.0. The molecule has 5 nitrogen and oxygen atoms in total. The highest BCUT2D eigenvalue weighted by Gasteiger charge is 2.21. The van der Waals surface area contributed by atoms with Crippen LogP contribution >= 0.6 is 0 Å². The molecule has 1 aliphatic heterocycles. The van der Waals surface area contributed by atoms with E-state index in [1.165, 1.54) is 12.8 Å². The number of nitrogens with zero attached hydrogens (tertiary/aromatic N) is 2. The Kier molecular flexibility index (Phi) is 5.82. The van der Waals surface area contributed by atoms with Gasteiger partial charge in [0.1, 0.15) is 0 Å². The standard InChI is InChI=1S/C14H25N3O2/c1-3-7-18-13-5-4-6-17(10-13)11-14-8-12(9-15-2)16-19-14/h8,13,15H,3-7,9-11H2,1-2H3. The fraction of sp³-hybridized carbons (Fsp3) is 0.786. The van der Waals surface area contributed by atoms with Crippen molar-refractivity contribution in [2.24, 2.45) is 0 Å². The summed E-state index contributed by atoms with van der Waals surface area (Å²) in [5.41, 5.74) is 0.966. The Hall–Kier alpha value is -0.910. The van der Waals surface area contributed by atoms with Gasteiger partial charge in [-0.05, 0) is 32.9 Å². The first-order valence-corrected chi connectivity index (χ1v) is 7.24. The fourth-order valence-electron chi connectivity index (χ4n) is 2.49. The summed E-state index contributed by atoms with van der Waals surface area (Å²) in [5, 5.41) is 7.12. The number of hydrogen-bond donors (Lipinski definition) is 1. The average molecular weight is 267 g/mol. The lowest BCUT2D eigenvalue weighted by Crippen LogP contribution is -2.39. The van der Waals surface area contributed by atoms with Gasteiger partial charge in [-0.2, -0.15) is 0 Å². The number of rotatable bonds is 7. The molecule has 19 heavy (non-hydrogen) atoms. The Balaban J connectivity index is 1.80. The van der Waals surface area contributed by atoms with E-state index in [1.807, 2.05) is 13.1 Å². The van der Waals surface area contributed by atoms with E-state index in [4.69, 9.17) is 9.26 Å². The van der Waals surface area contributed by atoms with E-state index in [0.29, 0.717) is 6.10 Å². The molecule has 0 aliphatic carbocycles. The largest absolute Gasteiger partial charge is 0.377 e. The lowest BCUT2D eigenvalue weighted by Gasteiger charge is -2.31. The molecular weight excluding hydrogens is 242 g/mol. The van der Waals surface area contributed by atoms with E-state index in [9.17, 15) is 0 Å². The molecular formula is C14H25N3O2. The third-order valence-electron chi connectivity index (χ3n) is 3.37. The topological polar surface area (TPSA) is 50.5 Å². The normalized spacial score (nSPS) is 20.8. The van der Waals surface area contributed by atoms with Crippen LogP contribution in [0.15, 0.2) is 10.6 Å². The van der Waals surface area contributed by atoms with Gasteiger partial charge in [-0.25, -0.2) is 0 Å². The molecule has 1 saturated heterocycles. The minimum absolute atomic E-state index is 0.383. The molecule has 0 saturated carbocycles. The molecule has 0 bridgehead atoms. The average Bonchev–Trinajstić information content (AvgIpc) is 2.85. The second-order valence-electron chi connectivity index (χ2n) is 5.19. The summed E-state index contributed by atoms with van der Waals surface area (Å²) in [5.74, 6) is 0.946. The molecule has 0 aromatic carbocycles. The van der Waals surface area contributed by atoms with Crippen molar-refractivity contribution in [3.05, 3.63) is 17.5 Å². The predicted molar refractivity (Wildman–Crippen MR) is 73.8 cm³/mol.